The van der Waals surface area contributed by atoms with Gasteiger partial charge < -0.3 is 14.7 Å². The number of nitrogens with zero attached hydrogens (tertiary/aromatic N) is 3. The van der Waals surface area contributed by atoms with Gasteiger partial charge in [-0.05, 0) is 49.3 Å². The Bertz CT molecular complexity index is 896. The van der Waals surface area contributed by atoms with Gasteiger partial charge in [-0.3, -0.25) is 15.6 Å². The summed E-state index contributed by atoms with van der Waals surface area (Å²) in [5, 5.41) is 11.0. The zero-order valence-electron chi connectivity index (χ0n) is 16.9. The first-order chi connectivity index (χ1) is 14.5. The molecule has 0 spiro atoms. The quantitative estimate of drug-likeness (QED) is 0.597. The minimum absolute atomic E-state index is 0.0814. The van der Waals surface area contributed by atoms with Crippen LogP contribution in [0.4, 0.5) is 16.0 Å². The van der Waals surface area contributed by atoms with Crippen molar-refractivity contribution in [3.05, 3.63) is 42.0 Å². The van der Waals surface area contributed by atoms with Crippen LogP contribution in [0.15, 0.2) is 30.6 Å². The highest BCUT2D eigenvalue weighted by Gasteiger charge is 2.35. The van der Waals surface area contributed by atoms with Crippen LogP contribution in [0.5, 0.6) is 5.75 Å². The van der Waals surface area contributed by atoms with E-state index in [-0.39, 0.29) is 11.7 Å². The zero-order chi connectivity index (χ0) is 21.1. The number of methoxy groups -OCH3 is 1. The lowest BCUT2D eigenvalue weighted by Gasteiger charge is -2.39. The van der Waals surface area contributed by atoms with E-state index in [0.29, 0.717) is 61.2 Å². The fourth-order valence-corrected chi connectivity index (χ4v) is 3.77. The number of aromatic nitrogens is 2. The van der Waals surface area contributed by atoms with Crippen molar-refractivity contribution in [2.45, 2.75) is 37.7 Å². The molecule has 0 radical (unpaired) electrons. The molecule has 0 unspecified atom stereocenters. The summed E-state index contributed by atoms with van der Waals surface area (Å²) in [6, 6.07) is 5.98. The molecule has 1 saturated heterocycles. The highest BCUT2D eigenvalue weighted by Crippen LogP contribution is 2.38. The van der Waals surface area contributed by atoms with Crippen molar-refractivity contribution in [2.24, 2.45) is 5.92 Å². The van der Waals surface area contributed by atoms with E-state index in [4.69, 9.17) is 4.74 Å². The van der Waals surface area contributed by atoms with Crippen LogP contribution in [-0.2, 0) is 10.4 Å². The summed E-state index contributed by atoms with van der Waals surface area (Å²) >= 11 is 0. The molecular formula is C21H26FN5O3. The highest BCUT2D eigenvalue weighted by atomic mass is 19.1. The highest BCUT2D eigenvalue weighted by molar-refractivity contribution is 5.78. The third-order valence-electron chi connectivity index (χ3n) is 5.75. The molecule has 1 saturated carbocycles. The molecule has 2 aromatic rings. The van der Waals surface area contributed by atoms with E-state index in [9.17, 15) is 14.3 Å². The Morgan fingerprint density at radius 1 is 1.27 bits per heavy atom. The fourth-order valence-electron chi connectivity index (χ4n) is 3.77. The molecule has 2 aliphatic rings. The summed E-state index contributed by atoms with van der Waals surface area (Å²) in [6.07, 6.45) is 5.05. The molecule has 160 valence electrons. The summed E-state index contributed by atoms with van der Waals surface area (Å²) in [5.41, 5.74) is 5.20. The first-order valence-electron chi connectivity index (χ1n) is 10.2. The third kappa shape index (κ3) is 4.46. The number of halogens is 1. The number of carbonyl (C=O) groups is 1. The third-order valence-corrected chi connectivity index (χ3v) is 5.75. The van der Waals surface area contributed by atoms with Crippen LogP contribution in [0.25, 0.3) is 0 Å². The van der Waals surface area contributed by atoms with Crippen molar-refractivity contribution in [3.63, 3.8) is 0 Å². The number of ether oxygens (including phenoxy) is 1. The zero-order valence-corrected chi connectivity index (χ0v) is 16.9. The van der Waals surface area contributed by atoms with E-state index in [0.717, 1.165) is 12.8 Å². The van der Waals surface area contributed by atoms with Gasteiger partial charge in [0.25, 0.3) is 0 Å². The molecule has 30 heavy (non-hydrogen) atoms. The van der Waals surface area contributed by atoms with Gasteiger partial charge in [-0.25, -0.2) is 14.4 Å². The maximum absolute atomic E-state index is 13.2. The van der Waals surface area contributed by atoms with E-state index in [2.05, 4.69) is 20.8 Å². The Morgan fingerprint density at radius 3 is 2.60 bits per heavy atom. The molecular weight excluding hydrogens is 389 g/mol. The van der Waals surface area contributed by atoms with Crippen LogP contribution in [0.2, 0.25) is 0 Å². The van der Waals surface area contributed by atoms with Crippen molar-refractivity contribution in [2.75, 3.05) is 30.5 Å². The van der Waals surface area contributed by atoms with Gasteiger partial charge in [-0.15, -0.1) is 0 Å². The predicted molar refractivity (Wildman–Crippen MR) is 109 cm³/mol. The van der Waals surface area contributed by atoms with Gasteiger partial charge in [0, 0.05) is 19.5 Å². The number of piperidine rings is 1. The Balaban J connectivity index is 1.43. The minimum Gasteiger partial charge on any atom is -0.490 e. The Hall–Kier alpha value is -2.94. The lowest BCUT2D eigenvalue weighted by atomic mass is 9.84. The second-order valence-electron chi connectivity index (χ2n) is 7.93. The molecule has 1 amide bonds. The molecule has 4 rings (SSSR count). The number of hydrogen-bond donors (Lipinski definition) is 3. The van der Waals surface area contributed by atoms with Gasteiger partial charge in [0.1, 0.15) is 12.1 Å². The predicted octanol–water partition coefficient (Wildman–Crippen LogP) is 2.36. The Kier molecular flexibility index (Phi) is 5.72. The Morgan fingerprint density at radius 2 is 1.97 bits per heavy atom. The van der Waals surface area contributed by atoms with Gasteiger partial charge in [0.05, 0.1) is 12.7 Å². The molecule has 8 nitrogen and oxygen atoms in total. The van der Waals surface area contributed by atoms with Crippen LogP contribution in [0.1, 0.15) is 37.7 Å². The van der Waals surface area contributed by atoms with E-state index in [1.807, 2.05) is 4.90 Å². The van der Waals surface area contributed by atoms with Crippen molar-refractivity contribution in [1.82, 2.24) is 15.4 Å². The van der Waals surface area contributed by atoms with Gasteiger partial charge in [-0.1, -0.05) is 12.1 Å². The summed E-state index contributed by atoms with van der Waals surface area (Å²) in [4.78, 5) is 22.5. The lowest BCUT2D eigenvalue weighted by Crippen LogP contribution is -2.43. The van der Waals surface area contributed by atoms with Crippen LogP contribution < -0.4 is 20.5 Å². The van der Waals surface area contributed by atoms with Crippen molar-refractivity contribution >= 4 is 17.5 Å². The van der Waals surface area contributed by atoms with Crippen molar-refractivity contribution in [3.8, 4) is 5.75 Å². The molecule has 0 atom stereocenters. The summed E-state index contributed by atoms with van der Waals surface area (Å²) in [7, 11) is 1.53. The molecule has 1 aliphatic carbocycles. The van der Waals surface area contributed by atoms with Crippen LogP contribution in [-0.4, -0.2) is 41.2 Å². The van der Waals surface area contributed by atoms with Crippen LogP contribution >= 0.6 is 0 Å². The molecule has 2 fully saturated rings. The number of hydrogen-bond acceptors (Lipinski definition) is 7. The number of benzene rings is 1. The fraction of sp³-hybridized carbons (Fsp3) is 0.476. The number of amides is 1. The topological polar surface area (TPSA) is 99.6 Å². The van der Waals surface area contributed by atoms with E-state index in [1.165, 1.54) is 25.6 Å². The molecule has 2 heterocycles. The number of rotatable bonds is 7. The van der Waals surface area contributed by atoms with E-state index >= 15 is 0 Å². The maximum Gasteiger partial charge on any atom is 0.238 e. The van der Waals surface area contributed by atoms with Crippen molar-refractivity contribution in [1.29, 1.82) is 0 Å². The summed E-state index contributed by atoms with van der Waals surface area (Å²) in [5.74, 6) is 1.48. The summed E-state index contributed by atoms with van der Waals surface area (Å²) in [6.45, 7) is 1.07. The average Bonchev–Trinajstić information content (AvgIpc) is 3.57. The first kappa shape index (κ1) is 20.3. The number of anilines is 2. The standard InChI is InChI=1S/C21H26FN5O3/c1-30-18-19(26-25-17(28)12-14-2-3-14)23-13-24-20(18)27-10-8-21(29,9-11-27)15-4-6-16(22)7-5-15/h4-7,13-14,29H,2-3,8-12H2,1H3,(H,25,28)(H,23,24,26). The SMILES string of the molecule is COc1c(NNC(=O)CC2CC2)ncnc1N1CCC(O)(c2ccc(F)cc2)CC1. The number of nitrogens with one attached hydrogen (secondary N) is 2. The van der Waals surface area contributed by atoms with Gasteiger partial charge >= 0.3 is 0 Å². The van der Waals surface area contributed by atoms with Gasteiger partial charge in [0.15, 0.2) is 11.6 Å². The number of hydrazine groups is 1. The van der Waals surface area contributed by atoms with E-state index < -0.39 is 5.60 Å². The molecule has 1 aliphatic heterocycles. The normalized spacial score (nSPS) is 18.0. The average molecular weight is 415 g/mol. The van der Waals surface area contributed by atoms with Crippen LogP contribution in [0, 0.1) is 11.7 Å². The van der Waals surface area contributed by atoms with Crippen LogP contribution in [0.3, 0.4) is 0 Å². The van der Waals surface area contributed by atoms with E-state index in [1.54, 1.807) is 12.1 Å². The molecule has 1 aromatic carbocycles. The first-order valence-corrected chi connectivity index (χ1v) is 10.2. The molecule has 0 bridgehead atoms. The lowest BCUT2D eigenvalue weighted by molar-refractivity contribution is -0.120. The van der Waals surface area contributed by atoms with Gasteiger partial charge in [-0.2, -0.15) is 0 Å². The smallest absolute Gasteiger partial charge is 0.238 e. The second kappa shape index (κ2) is 8.43. The molecule has 9 heteroatoms. The number of aliphatic hydroxyl groups is 1. The second-order valence-corrected chi connectivity index (χ2v) is 7.93. The largest absolute Gasteiger partial charge is 0.490 e. The number of carbonyl (C=O) groups excluding carboxylic acids is 1. The van der Waals surface area contributed by atoms with Crippen molar-refractivity contribution < 1.29 is 19.0 Å². The van der Waals surface area contributed by atoms with Gasteiger partial charge in [0.2, 0.25) is 11.7 Å². The monoisotopic (exact) mass is 415 g/mol. The minimum atomic E-state index is -1.01. The Labute approximate surface area is 174 Å². The maximum atomic E-state index is 13.2. The molecule has 1 aromatic heterocycles. The molecule has 3 N–H and O–H groups in total. The summed E-state index contributed by atoms with van der Waals surface area (Å²) < 4.78 is 18.7.